The van der Waals surface area contributed by atoms with E-state index in [0.29, 0.717) is 0 Å². The molecule has 2 heterocycles. The van der Waals surface area contributed by atoms with Crippen molar-refractivity contribution in [2.24, 2.45) is 0 Å². The number of aromatic nitrogens is 1. The van der Waals surface area contributed by atoms with E-state index in [1.54, 1.807) is 0 Å². The zero-order valence-corrected chi connectivity index (χ0v) is 8.71. The van der Waals surface area contributed by atoms with Gasteiger partial charge in [-0.3, -0.25) is 4.79 Å². The molecule has 0 saturated carbocycles. The third kappa shape index (κ3) is 2.32. The molecule has 4 nitrogen and oxygen atoms in total. The average Bonchev–Trinajstić information content (AvgIpc) is 2.63. The molecule has 0 aliphatic carbocycles. The Labute approximate surface area is 95.0 Å². The van der Waals surface area contributed by atoms with Crippen molar-refractivity contribution in [2.75, 3.05) is 12.3 Å². The lowest BCUT2D eigenvalue weighted by Gasteiger charge is -2.16. The van der Waals surface area contributed by atoms with Gasteiger partial charge in [0.25, 0.3) is 0 Å². The molecule has 0 unspecified atom stereocenters. The van der Waals surface area contributed by atoms with Gasteiger partial charge in [-0.05, 0) is 11.6 Å². The van der Waals surface area contributed by atoms with Crippen LogP contribution in [0.5, 0.6) is 0 Å². The monoisotopic (exact) mass is 245 g/mol. The summed E-state index contributed by atoms with van der Waals surface area (Å²) in [4.78, 5) is 14.7. The number of carbonyl (C=O) groups excluding carboxylic acids is 1. The Morgan fingerprint density at radius 3 is 2.71 bits per heavy atom. The number of nitrogens with one attached hydrogen (secondary N) is 1. The molecule has 1 aromatic rings. The van der Waals surface area contributed by atoms with Gasteiger partial charge in [-0.15, -0.1) is 0 Å². The molecule has 1 amide bonds. The zero-order chi connectivity index (χ0) is 12.6. The van der Waals surface area contributed by atoms with E-state index >= 15 is 0 Å². The van der Waals surface area contributed by atoms with E-state index in [9.17, 15) is 18.0 Å². The molecule has 2 rings (SSSR count). The van der Waals surface area contributed by atoms with Gasteiger partial charge < -0.3 is 11.1 Å². The summed E-state index contributed by atoms with van der Waals surface area (Å²) in [6, 6.07) is 0.804. The fourth-order valence-corrected chi connectivity index (χ4v) is 1.88. The number of alkyl halides is 3. The third-order valence-corrected chi connectivity index (χ3v) is 2.68. The van der Waals surface area contributed by atoms with E-state index < -0.39 is 17.7 Å². The number of rotatable bonds is 1. The minimum absolute atomic E-state index is 0.0186. The average molecular weight is 245 g/mol. The topological polar surface area (TPSA) is 68.0 Å². The standard InChI is InChI=1S/C10H10F3N3O/c11-10(12,13)7-2-8(14)15-4-6(7)5-1-9(17)16-3-5/h2,4-5H,1,3H2,(H2,14,15)(H,16,17)/t5-/m1/s1. The van der Waals surface area contributed by atoms with Crippen molar-refractivity contribution in [2.45, 2.75) is 18.5 Å². The number of halogens is 3. The number of nitrogen functional groups attached to an aromatic ring is 1. The second-order valence-corrected chi connectivity index (χ2v) is 3.90. The van der Waals surface area contributed by atoms with Gasteiger partial charge in [0.2, 0.25) is 5.91 Å². The van der Waals surface area contributed by atoms with E-state index in [4.69, 9.17) is 5.73 Å². The first-order valence-electron chi connectivity index (χ1n) is 4.97. The number of nitrogens with zero attached hydrogens (tertiary/aromatic N) is 1. The van der Waals surface area contributed by atoms with Crippen LogP contribution in [0.3, 0.4) is 0 Å². The second kappa shape index (κ2) is 3.90. The van der Waals surface area contributed by atoms with Crippen molar-refractivity contribution in [1.29, 1.82) is 0 Å². The molecule has 1 fully saturated rings. The van der Waals surface area contributed by atoms with E-state index in [-0.39, 0.29) is 30.3 Å². The van der Waals surface area contributed by atoms with Gasteiger partial charge in [0.1, 0.15) is 5.82 Å². The van der Waals surface area contributed by atoms with Crippen molar-refractivity contribution in [1.82, 2.24) is 10.3 Å². The van der Waals surface area contributed by atoms with Crippen LogP contribution in [-0.2, 0) is 11.0 Å². The molecule has 1 saturated heterocycles. The van der Waals surface area contributed by atoms with Crippen molar-refractivity contribution >= 4 is 11.7 Å². The van der Waals surface area contributed by atoms with E-state index in [2.05, 4.69) is 10.3 Å². The molecular formula is C10H10F3N3O. The maximum Gasteiger partial charge on any atom is 0.416 e. The maximum absolute atomic E-state index is 12.8. The summed E-state index contributed by atoms with van der Waals surface area (Å²) in [6.07, 6.45) is -3.34. The van der Waals surface area contributed by atoms with Crippen LogP contribution < -0.4 is 11.1 Å². The minimum Gasteiger partial charge on any atom is -0.384 e. The van der Waals surface area contributed by atoms with Gasteiger partial charge >= 0.3 is 6.18 Å². The van der Waals surface area contributed by atoms with Gasteiger partial charge in [0.15, 0.2) is 0 Å². The second-order valence-electron chi connectivity index (χ2n) is 3.90. The van der Waals surface area contributed by atoms with Crippen LogP contribution in [0, 0.1) is 0 Å². The predicted octanol–water partition coefficient (Wildman–Crippen LogP) is 1.29. The number of amides is 1. The highest BCUT2D eigenvalue weighted by atomic mass is 19.4. The summed E-state index contributed by atoms with van der Waals surface area (Å²) >= 11 is 0. The van der Waals surface area contributed by atoms with Crippen molar-refractivity contribution < 1.29 is 18.0 Å². The Morgan fingerprint density at radius 1 is 1.47 bits per heavy atom. The van der Waals surface area contributed by atoms with Crippen molar-refractivity contribution in [3.8, 4) is 0 Å². The molecule has 0 aromatic carbocycles. The summed E-state index contributed by atoms with van der Waals surface area (Å²) in [7, 11) is 0. The zero-order valence-electron chi connectivity index (χ0n) is 8.71. The summed E-state index contributed by atoms with van der Waals surface area (Å²) in [5.74, 6) is -0.925. The molecule has 1 atom stereocenters. The molecule has 0 radical (unpaired) electrons. The van der Waals surface area contributed by atoms with E-state index in [1.165, 1.54) is 0 Å². The highest BCUT2D eigenvalue weighted by Gasteiger charge is 2.37. The number of hydrogen-bond donors (Lipinski definition) is 2. The smallest absolute Gasteiger partial charge is 0.384 e. The number of nitrogens with two attached hydrogens (primary N) is 1. The lowest BCUT2D eigenvalue weighted by molar-refractivity contribution is -0.138. The fourth-order valence-electron chi connectivity index (χ4n) is 1.88. The molecule has 1 aromatic heterocycles. The van der Waals surface area contributed by atoms with Gasteiger partial charge in [-0.25, -0.2) is 4.98 Å². The molecule has 92 valence electrons. The first-order chi connectivity index (χ1) is 7.88. The molecule has 0 bridgehead atoms. The molecule has 3 N–H and O–H groups in total. The maximum atomic E-state index is 12.8. The number of carbonyl (C=O) groups is 1. The number of hydrogen-bond acceptors (Lipinski definition) is 3. The summed E-state index contributed by atoms with van der Waals surface area (Å²) < 4.78 is 38.4. The highest BCUT2D eigenvalue weighted by Crippen LogP contribution is 2.37. The number of anilines is 1. The lowest BCUT2D eigenvalue weighted by atomic mass is 9.95. The molecule has 1 aliphatic heterocycles. The van der Waals surface area contributed by atoms with Crippen LogP contribution in [-0.4, -0.2) is 17.4 Å². The van der Waals surface area contributed by atoms with Crippen molar-refractivity contribution in [3.05, 3.63) is 23.4 Å². The Kier molecular flexibility index (Phi) is 2.68. The van der Waals surface area contributed by atoms with Crippen molar-refractivity contribution in [3.63, 3.8) is 0 Å². The number of pyridine rings is 1. The Morgan fingerprint density at radius 2 is 2.18 bits per heavy atom. The van der Waals surface area contributed by atoms with Crippen LogP contribution in [0.15, 0.2) is 12.3 Å². The largest absolute Gasteiger partial charge is 0.416 e. The Hall–Kier alpha value is -1.79. The predicted molar refractivity (Wildman–Crippen MR) is 54.0 cm³/mol. The quantitative estimate of drug-likeness (QED) is 0.783. The normalized spacial score (nSPS) is 20.4. The van der Waals surface area contributed by atoms with Crippen LogP contribution in [0.25, 0.3) is 0 Å². The van der Waals surface area contributed by atoms with Gasteiger partial charge in [0.05, 0.1) is 5.56 Å². The minimum atomic E-state index is -4.49. The molecule has 17 heavy (non-hydrogen) atoms. The van der Waals surface area contributed by atoms with Gasteiger partial charge in [0, 0.05) is 25.1 Å². The van der Waals surface area contributed by atoms with Crippen LogP contribution in [0.4, 0.5) is 19.0 Å². The molecular weight excluding hydrogens is 235 g/mol. The first kappa shape index (κ1) is 11.7. The van der Waals surface area contributed by atoms with E-state index in [0.717, 1.165) is 12.3 Å². The first-order valence-corrected chi connectivity index (χ1v) is 4.97. The van der Waals surface area contributed by atoms with Crippen LogP contribution >= 0.6 is 0 Å². The summed E-state index contributed by atoms with van der Waals surface area (Å²) in [6.45, 7) is 0.202. The van der Waals surface area contributed by atoms with Crippen LogP contribution in [0.1, 0.15) is 23.5 Å². The highest BCUT2D eigenvalue weighted by molar-refractivity contribution is 5.79. The van der Waals surface area contributed by atoms with Gasteiger partial charge in [-0.1, -0.05) is 0 Å². The lowest BCUT2D eigenvalue weighted by Crippen LogP contribution is -2.16. The Balaban J connectivity index is 2.43. The van der Waals surface area contributed by atoms with Gasteiger partial charge in [-0.2, -0.15) is 13.2 Å². The SMILES string of the molecule is Nc1cc(C(F)(F)F)c([C@H]2CNC(=O)C2)cn1. The molecule has 7 heteroatoms. The summed E-state index contributed by atoms with van der Waals surface area (Å²) in [5, 5.41) is 2.50. The Bertz CT molecular complexity index is 459. The van der Waals surface area contributed by atoms with E-state index in [1.807, 2.05) is 0 Å². The molecule has 0 spiro atoms. The summed E-state index contributed by atoms with van der Waals surface area (Å²) in [5.41, 5.74) is 4.46. The van der Waals surface area contributed by atoms with Crippen LogP contribution in [0.2, 0.25) is 0 Å². The fraction of sp³-hybridized carbons (Fsp3) is 0.400. The third-order valence-electron chi connectivity index (χ3n) is 2.68. The molecule has 1 aliphatic rings.